The number of pyridine rings is 1. The number of esters is 1. The zero-order valence-electron chi connectivity index (χ0n) is 49.7. The van der Waals surface area contributed by atoms with Gasteiger partial charge >= 0.3 is 5.97 Å². The molecule has 2 bridgehead atoms. The van der Waals surface area contributed by atoms with E-state index in [4.69, 9.17) is 23.9 Å². The van der Waals surface area contributed by atoms with Crippen LogP contribution >= 0.6 is 0 Å². The number of carbonyl (C=O) groups excluding carboxylic acids is 3. The number of carbonyl (C=O) groups is 3. The number of anilines is 1. The number of unbranched alkanes of at least 4 members (excludes halogenated alkanes) is 3. The Balaban J connectivity index is 1.24. The number of nitrogens with zero attached hydrogens (tertiary/aromatic N) is 5. The molecule has 434 valence electrons. The molecular formula is C64H96N8O7. The van der Waals surface area contributed by atoms with Gasteiger partial charge in [0.25, 0.3) is 5.91 Å². The number of likely N-dealkylation sites (tertiary alicyclic amines) is 1. The smallest absolute Gasteiger partial charge is 0.302 e. The number of piperazine rings is 1. The standard InChI is InChI=1S/C64H96N8O7/c1-11-15-16-17-25-66-68-63(75)57-34-45-32-49(35-52(33-45)77-41-59(47-23-26-69(9)27-24-47)78-40-56(62(74)67-57)46(13-3)18-12-2)48-19-22-58-53(36-48)55(38-64(7,8)42-79-44(6)73)61(72(58)14-4)54-37-51(39-65-60(54)43(5)76-10)71-30-28-70(29-31-71)50-20-21-50/h19,22,32-33,35-37,39,43,46-47,50,56-57,59,66H,11-18,20-21,23-31,34,38,40-42H2,1-10H3,(H,67,74)(H,68,75)/t43?,46?,56-,57?,59?/m0/s1. The summed E-state index contributed by atoms with van der Waals surface area (Å²) in [5.74, 6) is -0.0980. The monoisotopic (exact) mass is 1090 g/mol. The molecule has 3 aliphatic heterocycles. The van der Waals surface area contributed by atoms with E-state index < -0.39 is 17.4 Å². The molecule has 2 aromatic carbocycles. The Kier molecular flexibility index (Phi) is 21.3. The Morgan fingerprint density at radius 2 is 1.68 bits per heavy atom. The van der Waals surface area contributed by atoms with E-state index in [0.717, 1.165) is 159 Å². The van der Waals surface area contributed by atoms with Crippen LogP contribution < -0.4 is 25.8 Å². The van der Waals surface area contributed by atoms with E-state index in [1.807, 2.05) is 12.3 Å². The molecule has 79 heavy (non-hydrogen) atoms. The van der Waals surface area contributed by atoms with Crippen molar-refractivity contribution in [3.63, 3.8) is 0 Å². The zero-order valence-corrected chi connectivity index (χ0v) is 49.7. The van der Waals surface area contributed by atoms with Gasteiger partial charge in [0, 0.05) is 87.6 Å². The zero-order chi connectivity index (χ0) is 56.2. The highest BCUT2D eigenvalue weighted by atomic mass is 16.5. The summed E-state index contributed by atoms with van der Waals surface area (Å²) in [4.78, 5) is 54.3. The van der Waals surface area contributed by atoms with Crippen LogP contribution in [0.3, 0.4) is 0 Å². The van der Waals surface area contributed by atoms with Crippen LogP contribution in [-0.4, -0.2) is 135 Å². The number of methoxy groups -OCH3 is 1. The van der Waals surface area contributed by atoms with E-state index in [1.54, 1.807) is 7.11 Å². The van der Waals surface area contributed by atoms with Gasteiger partial charge in [0.2, 0.25) is 5.91 Å². The first kappa shape index (κ1) is 60.0. The Labute approximate surface area is 472 Å². The molecular weight excluding hydrogens is 993 g/mol. The highest BCUT2D eigenvalue weighted by Crippen LogP contribution is 2.44. The fraction of sp³-hybridized carbons (Fsp3) is 0.656. The van der Waals surface area contributed by atoms with Crippen molar-refractivity contribution in [1.29, 1.82) is 0 Å². The predicted octanol–water partition coefficient (Wildman–Crippen LogP) is 10.3. The lowest BCUT2D eigenvalue weighted by molar-refractivity contribution is -0.144. The Morgan fingerprint density at radius 1 is 0.911 bits per heavy atom. The number of piperidine rings is 1. The molecule has 1 saturated carbocycles. The van der Waals surface area contributed by atoms with Crippen molar-refractivity contribution >= 4 is 34.4 Å². The third-order valence-corrected chi connectivity index (χ3v) is 17.5. The van der Waals surface area contributed by atoms with Crippen molar-refractivity contribution in [1.82, 2.24) is 35.5 Å². The first-order chi connectivity index (χ1) is 38.1. The van der Waals surface area contributed by atoms with Gasteiger partial charge in [-0.25, -0.2) is 5.43 Å². The maximum atomic E-state index is 14.8. The average Bonchev–Trinajstić information content (AvgIpc) is 4.36. The average molecular weight is 1090 g/mol. The second-order valence-electron chi connectivity index (χ2n) is 24.2. The molecule has 15 nitrogen and oxygen atoms in total. The molecule has 2 saturated heterocycles. The minimum absolute atomic E-state index is 0.0975. The number of fused-ring (bicyclic) bond motifs is 3. The molecule has 4 aliphatic rings. The van der Waals surface area contributed by atoms with Crippen molar-refractivity contribution in [3.05, 3.63) is 65.5 Å². The van der Waals surface area contributed by atoms with Gasteiger partial charge in [-0.3, -0.25) is 29.7 Å². The largest absolute Gasteiger partial charge is 0.491 e. The molecule has 1 aliphatic carbocycles. The van der Waals surface area contributed by atoms with Crippen molar-refractivity contribution in [3.8, 4) is 28.1 Å². The van der Waals surface area contributed by atoms with Crippen LogP contribution in [0, 0.1) is 23.2 Å². The highest BCUT2D eigenvalue weighted by molar-refractivity contribution is 5.96. The molecule has 15 heteroatoms. The van der Waals surface area contributed by atoms with Crippen molar-refractivity contribution in [2.45, 2.75) is 170 Å². The summed E-state index contributed by atoms with van der Waals surface area (Å²) >= 11 is 0. The fourth-order valence-electron chi connectivity index (χ4n) is 12.5. The van der Waals surface area contributed by atoms with Crippen molar-refractivity contribution < 1.29 is 33.3 Å². The molecule has 8 rings (SSSR count). The van der Waals surface area contributed by atoms with E-state index in [9.17, 15) is 14.4 Å². The Morgan fingerprint density at radius 3 is 2.37 bits per heavy atom. The van der Waals surface area contributed by atoms with Gasteiger partial charge in [0.15, 0.2) is 0 Å². The van der Waals surface area contributed by atoms with E-state index in [1.165, 1.54) is 19.8 Å². The van der Waals surface area contributed by atoms with E-state index in [2.05, 4.69) is 127 Å². The normalized spacial score (nSPS) is 21.1. The summed E-state index contributed by atoms with van der Waals surface area (Å²) in [5, 5.41) is 4.38. The molecule has 2 aromatic heterocycles. The maximum Gasteiger partial charge on any atom is 0.302 e. The van der Waals surface area contributed by atoms with Gasteiger partial charge in [-0.05, 0) is 143 Å². The molecule has 5 heterocycles. The van der Waals surface area contributed by atoms with Gasteiger partial charge in [0.1, 0.15) is 18.4 Å². The summed E-state index contributed by atoms with van der Waals surface area (Å²) in [7, 11) is 3.92. The number of rotatable bonds is 23. The maximum absolute atomic E-state index is 14.8. The van der Waals surface area contributed by atoms with Gasteiger partial charge in [-0.1, -0.05) is 78.9 Å². The minimum Gasteiger partial charge on any atom is -0.491 e. The quantitative estimate of drug-likeness (QED) is 0.0368. The first-order valence-corrected chi connectivity index (χ1v) is 30.3. The van der Waals surface area contributed by atoms with E-state index >= 15 is 0 Å². The molecule has 4 aromatic rings. The molecule has 0 spiro atoms. The topological polar surface area (TPSA) is 152 Å². The van der Waals surface area contributed by atoms with Gasteiger partial charge in [0.05, 0.1) is 54.6 Å². The minimum atomic E-state index is -0.865. The number of benzene rings is 2. The second-order valence-corrected chi connectivity index (χ2v) is 24.2. The summed E-state index contributed by atoms with van der Waals surface area (Å²) in [6, 6.07) is 15.3. The Hall–Kier alpha value is -5.06. The third-order valence-electron chi connectivity index (χ3n) is 17.5. The van der Waals surface area contributed by atoms with Gasteiger partial charge in [-0.2, -0.15) is 0 Å². The van der Waals surface area contributed by atoms with Crippen LogP contribution in [-0.2, 0) is 48.0 Å². The summed E-state index contributed by atoms with van der Waals surface area (Å²) < 4.78 is 28.2. The van der Waals surface area contributed by atoms with Gasteiger partial charge in [-0.15, -0.1) is 0 Å². The SMILES string of the molecule is CCCCCCNNC(=O)C1Cc2cc(cc(-c3ccc4c(c3)c(CC(C)(C)COC(C)=O)c(-c3cc(N5CCN(C6CC6)CC5)cnc3C(C)OC)n4CC)c2)OCC(C2CCN(C)CC2)OC[C@@H](C(CC)CCC)C(=O)N1. The number of nitrogens with one attached hydrogen (secondary N) is 3. The number of hydrogen-bond donors (Lipinski definition) is 3. The summed E-state index contributed by atoms with van der Waals surface area (Å²) in [6.07, 6.45) is 13.9. The first-order valence-electron chi connectivity index (χ1n) is 30.3. The van der Waals surface area contributed by atoms with Crippen molar-refractivity contribution in [2.24, 2.45) is 23.2 Å². The van der Waals surface area contributed by atoms with Crippen LogP contribution in [0.15, 0.2) is 48.7 Å². The van der Waals surface area contributed by atoms with Crippen LogP contribution in [0.5, 0.6) is 5.75 Å². The number of ether oxygens (including phenoxy) is 4. The van der Waals surface area contributed by atoms with Gasteiger partial charge < -0.3 is 38.6 Å². The number of aromatic nitrogens is 2. The van der Waals surface area contributed by atoms with Crippen LogP contribution in [0.1, 0.15) is 149 Å². The summed E-state index contributed by atoms with van der Waals surface area (Å²) in [5.41, 5.74) is 14.9. The number of hydrazine groups is 1. The third kappa shape index (κ3) is 15.5. The lowest BCUT2D eigenvalue weighted by atomic mass is 9.84. The van der Waals surface area contributed by atoms with Crippen LogP contribution in [0.4, 0.5) is 5.69 Å². The van der Waals surface area contributed by atoms with E-state index in [-0.39, 0.29) is 61.5 Å². The Bertz CT molecular complexity index is 2650. The number of aryl methyl sites for hydroxylation is 1. The number of hydrogen-bond acceptors (Lipinski definition) is 12. The molecule has 3 N–H and O–H groups in total. The predicted molar refractivity (Wildman–Crippen MR) is 316 cm³/mol. The lowest BCUT2D eigenvalue weighted by Crippen LogP contribution is -2.54. The number of amides is 2. The van der Waals surface area contributed by atoms with E-state index in [0.29, 0.717) is 31.9 Å². The summed E-state index contributed by atoms with van der Waals surface area (Å²) in [6.45, 7) is 24.7. The highest BCUT2D eigenvalue weighted by Gasteiger charge is 2.36. The van der Waals surface area contributed by atoms with Crippen LogP contribution in [0.25, 0.3) is 33.3 Å². The fourth-order valence-corrected chi connectivity index (χ4v) is 12.5. The molecule has 4 unspecified atom stereocenters. The van der Waals surface area contributed by atoms with Crippen molar-refractivity contribution in [2.75, 3.05) is 84.7 Å². The molecule has 5 atom stereocenters. The van der Waals surface area contributed by atoms with Crippen LogP contribution in [0.2, 0.25) is 0 Å². The molecule has 3 fully saturated rings. The second kappa shape index (κ2) is 28.1. The lowest BCUT2D eigenvalue weighted by Gasteiger charge is -2.36. The molecule has 0 radical (unpaired) electrons. The molecule has 2 amide bonds.